The molecule has 0 spiro atoms. The molecule has 0 atom stereocenters. The number of hydrogen-bond donors (Lipinski definition) is 1. The van der Waals surface area contributed by atoms with Gasteiger partial charge in [0.2, 0.25) is 0 Å². The van der Waals surface area contributed by atoms with Gasteiger partial charge in [0.25, 0.3) is 0 Å². The first kappa shape index (κ1) is 16.0. The van der Waals surface area contributed by atoms with Crippen LogP contribution < -0.4 is 10.2 Å². The van der Waals surface area contributed by atoms with Gasteiger partial charge in [0.05, 0.1) is 11.4 Å². The molecule has 1 aliphatic heterocycles. The molecule has 1 aliphatic rings. The van der Waals surface area contributed by atoms with Crippen molar-refractivity contribution in [2.75, 3.05) is 31.1 Å². The fourth-order valence-corrected chi connectivity index (χ4v) is 3.42. The molecular weight excluding hydrogens is 317 g/mol. The summed E-state index contributed by atoms with van der Waals surface area (Å²) in [4.78, 5) is 7.13. The Kier molecular flexibility index (Phi) is 3.92. The first-order chi connectivity index (χ1) is 12.1. The molecule has 5 nitrogen and oxygen atoms in total. The van der Waals surface area contributed by atoms with Crippen LogP contribution in [0.2, 0.25) is 0 Å². The van der Waals surface area contributed by atoms with Crippen molar-refractivity contribution in [1.82, 2.24) is 19.9 Å². The molecule has 0 amide bonds. The topological polar surface area (TPSA) is 45.5 Å². The molecule has 1 N–H and O–H groups in total. The molecule has 0 radical (unpaired) electrons. The van der Waals surface area contributed by atoms with E-state index in [1.54, 1.807) is 12.1 Å². The Bertz CT molecular complexity index is 923. The molecule has 0 unspecified atom stereocenters. The van der Waals surface area contributed by atoms with Crippen LogP contribution >= 0.6 is 0 Å². The number of benzene rings is 1. The Morgan fingerprint density at radius 3 is 2.36 bits per heavy atom. The monoisotopic (exact) mass is 339 g/mol. The zero-order valence-corrected chi connectivity index (χ0v) is 14.8. The van der Waals surface area contributed by atoms with Gasteiger partial charge < -0.3 is 10.2 Å². The smallest absolute Gasteiger partial charge is 0.157 e. The fourth-order valence-electron chi connectivity index (χ4n) is 3.42. The van der Waals surface area contributed by atoms with Crippen LogP contribution in [0, 0.1) is 26.6 Å². The van der Waals surface area contributed by atoms with Crippen LogP contribution in [-0.4, -0.2) is 40.8 Å². The summed E-state index contributed by atoms with van der Waals surface area (Å²) in [5.41, 5.74) is 5.91. The normalized spacial score (nSPS) is 15.1. The summed E-state index contributed by atoms with van der Waals surface area (Å²) in [7, 11) is 0. The summed E-state index contributed by atoms with van der Waals surface area (Å²) in [6.07, 6.45) is 0. The molecule has 3 aromatic rings. The number of imidazole rings is 1. The second-order valence-electron chi connectivity index (χ2n) is 6.60. The lowest BCUT2D eigenvalue weighted by molar-refractivity contribution is 0.580. The number of halogens is 1. The number of anilines is 1. The fraction of sp³-hybridized carbons (Fsp3) is 0.368. The lowest BCUT2D eigenvalue weighted by Crippen LogP contribution is -2.44. The van der Waals surface area contributed by atoms with E-state index in [4.69, 9.17) is 10.1 Å². The zero-order valence-electron chi connectivity index (χ0n) is 14.8. The molecule has 0 aliphatic carbocycles. The van der Waals surface area contributed by atoms with Crippen LogP contribution in [0.3, 0.4) is 0 Å². The Hall–Kier alpha value is -2.47. The van der Waals surface area contributed by atoms with Gasteiger partial charge >= 0.3 is 0 Å². The Balaban J connectivity index is 1.88. The molecule has 0 bridgehead atoms. The van der Waals surface area contributed by atoms with E-state index in [1.165, 1.54) is 17.7 Å². The van der Waals surface area contributed by atoms with Crippen molar-refractivity contribution < 1.29 is 4.39 Å². The van der Waals surface area contributed by atoms with Crippen molar-refractivity contribution in [1.29, 1.82) is 0 Å². The number of rotatable bonds is 2. The molecule has 6 heteroatoms. The van der Waals surface area contributed by atoms with E-state index in [0.29, 0.717) is 0 Å². The average Bonchev–Trinajstić information content (AvgIpc) is 2.96. The summed E-state index contributed by atoms with van der Waals surface area (Å²) >= 11 is 0. The van der Waals surface area contributed by atoms with Crippen molar-refractivity contribution >= 4 is 11.5 Å². The van der Waals surface area contributed by atoms with Crippen LogP contribution in [0.4, 0.5) is 10.2 Å². The SMILES string of the molecule is Cc1c(N2CCNCC2)nn2c(C)c(-c3ccc(F)cc3)nc2c1C. The van der Waals surface area contributed by atoms with Gasteiger partial charge in [0.1, 0.15) is 5.82 Å². The number of nitrogens with one attached hydrogen (secondary N) is 1. The van der Waals surface area contributed by atoms with E-state index in [0.717, 1.165) is 60.2 Å². The van der Waals surface area contributed by atoms with Crippen molar-refractivity contribution in [2.24, 2.45) is 0 Å². The van der Waals surface area contributed by atoms with Crippen LogP contribution in [0.1, 0.15) is 16.8 Å². The molecule has 25 heavy (non-hydrogen) atoms. The highest BCUT2D eigenvalue weighted by molar-refractivity contribution is 5.69. The van der Waals surface area contributed by atoms with E-state index < -0.39 is 0 Å². The van der Waals surface area contributed by atoms with E-state index in [2.05, 4.69) is 24.1 Å². The third kappa shape index (κ3) is 2.66. The molecule has 4 rings (SSSR count). The lowest BCUT2D eigenvalue weighted by Gasteiger charge is -2.30. The molecular formula is C19H22FN5. The Morgan fingerprint density at radius 1 is 1.00 bits per heavy atom. The van der Waals surface area contributed by atoms with Crippen LogP contribution in [-0.2, 0) is 0 Å². The number of fused-ring (bicyclic) bond motifs is 1. The van der Waals surface area contributed by atoms with Gasteiger partial charge in [-0.1, -0.05) is 0 Å². The molecule has 1 fully saturated rings. The van der Waals surface area contributed by atoms with Crippen molar-refractivity contribution in [3.63, 3.8) is 0 Å². The molecule has 3 heterocycles. The van der Waals surface area contributed by atoms with E-state index in [1.807, 2.05) is 11.4 Å². The van der Waals surface area contributed by atoms with Gasteiger partial charge in [-0.05, 0) is 45.0 Å². The second kappa shape index (κ2) is 6.11. The van der Waals surface area contributed by atoms with Gasteiger partial charge in [0.15, 0.2) is 11.5 Å². The molecule has 130 valence electrons. The minimum Gasteiger partial charge on any atom is -0.352 e. The van der Waals surface area contributed by atoms with Crippen LogP contribution in [0.15, 0.2) is 24.3 Å². The van der Waals surface area contributed by atoms with Crippen LogP contribution in [0.5, 0.6) is 0 Å². The highest BCUT2D eigenvalue weighted by atomic mass is 19.1. The van der Waals surface area contributed by atoms with Crippen molar-refractivity contribution in [2.45, 2.75) is 20.8 Å². The number of aromatic nitrogens is 3. The Morgan fingerprint density at radius 2 is 1.68 bits per heavy atom. The standard InChI is InChI=1S/C19H22FN5/c1-12-13(2)19(24-10-8-21-9-11-24)23-25-14(3)17(22-18(12)25)15-4-6-16(20)7-5-15/h4-7,21H,8-11H2,1-3H3. The van der Waals surface area contributed by atoms with Crippen molar-refractivity contribution in [3.05, 3.63) is 46.9 Å². The predicted molar refractivity (Wildman–Crippen MR) is 97.7 cm³/mol. The minimum absolute atomic E-state index is 0.240. The maximum absolute atomic E-state index is 13.2. The van der Waals surface area contributed by atoms with Gasteiger partial charge in [-0.15, -0.1) is 5.10 Å². The van der Waals surface area contributed by atoms with E-state index in [9.17, 15) is 4.39 Å². The lowest BCUT2D eigenvalue weighted by atomic mass is 10.1. The maximum atomic E-state index is 13.2. The number of hydrogen-bond acceptors (Lipinski definition) is 4. The highest BCUT2D eigenvalue weighted by Gasteiger charge is 2.20. The first-order valence-corrected chi connectivity index (χ1v) is 8.64. The van der Waals surface area contributed by atoms with Gasteiger partial charge in [-0.2, -0.15) is 0 Å². The van der Waals surface area contributed by atoms with Gasteiger partial charge in [-0.25, -0.2) is 13.9 Å². The maximum Gasteiger partial charge on any atom is 0.157 e. The summed E-state index contributed by atoms with van der Waals surface area (Å²) in [5, 5.41) is 8.28. The van der Waals surface area contributed by atoms with E-state index in [-0.39, 0.29) is 5.82 Å². The summed E-state index contributed by atoms with van der Waals surface area (Å²) in [6, 6.07) is 6.47. The number of nitrogens with zero attached hydrogens (tertiary/aromatic N) is 4. The van der Waals surface area contributed by atoms with Crippen molar-refractivity contribution in [3.8, 4) is 11.3 Å². The third-order valence-electron chi connectivity index (χ3n) is 5.04. The van der Waals surface area contributed by atoms with Gasteiger partial charge in [-0.3, -0.25) is 0 Å². The Labute approximate surface area is 146 Å². The minimum atomic E-state index is -0.240. The summed E-state index contributed by atoms with van der Waals surface area (Å²) in [5.74, 6) is 0.786. The molecule has 1 saturated heterocycles. The van der Waals surface area contributed by atoms with Crippen LogP contribution in [0.25, 0.3) is 16.9 Å². The molecule has 1 aromatic carbocycles. The zero-order chi connectivity index (χ0) is 17.6. The number of aryl methyl sites for hydroxylation is 2. The predicted octanol–water partition coefficient (Wildman–Crippen LogP) is 2.87. The second-order valence-corrected chi connectivity index (χ2v) is 6.60. The first-order valence-electron chi connectivity index (χ1n) is 8.64. The van der Waals surface area contributed by atoms with E-state index >= 15 is 0 Å². The third-order valence-corrected chi connectivity index (χ3v) is 5.04. The van der Waals surface area contributed by atoms with Gasteiger partial charge in [0, 0.05) is 42.9 Å². The average molecular weight is 339 g/mol. The quantitative estimate of drug-likeness (QED) is 0.780. The number of piperazine rings is 1. The summed E-state index contributed by atoms with van der Waals surface area (Å²) in [6.45, 7) is 10.1. The molecule has 2 aromatic heterocycles. The summed E-state index contributed by atoms with van der Waals surface area (Å²) < 4.78 is 15.2. The highest BCUT2D eigenvalue weighted by Crippen LogP contribution is 2.29. The molecule has 0 saturated carbocycles. The largest absolute Gasteiger partial charge is 0.352 e.